The van der Waals surface area contributed by atoms with Gasteiger partial charge in [0.15, 0.2) is 9.50 Å². The van der Waals surface area contributed by atoms with Gasteiger partial charge in [-0.25, -0.2) is 4.98 Å². The fourth-order valence-electron chi connectivity index (χ4n) is 2.06. The number of ketones is 1. The number of fused-ring (bicyclic) bond motifs is 1. The average Bonchev–Trinajstić information content (AvgIpc) is 3.13. The highest BCUT2D eigenvalue weighted by molar-refractivity contribution is 8.00. The molecule has 0 aliphatic carbocycles. The molecule has 0 aliphatic rings. The van der Waals surface area contributed by atoms with Gasteiger partial charge >= 0.3 is 0 Å². The van der Waals surface area contributed by atoms with Crippen LogP contribution in [0.2, 0.25) is 0 Å². The van der Waals surface area contributed by atoms with E-state index in [-0.39, 0.29) is 5.78 Å². The number of nitrogens with zero attached hydrogens (tertiary/aromatic N) is 4. The summed E-state index contributed by atoms with van der Waals surface area (Å²) in [5.74, 6) is 2.22. The molecule has 0 aliphatic heterocycles. The Balaban J connectivity index is 1.71. The van der Waals surface area contributed by atoms with Crippen molar-refractivity contribution < 1.29 is 4.79 Å². The van der Waals surface area contributed by atoms with Crippen LogP contribution in [0.1, 0.15) is 19.7 Å². The quantitative estimate of drug-likeness (QED) is 0.593. The minimum Gasteiger partial charge on any atom is -0.306 e. The molecule has 8 heteroatoms. The molecule has 0 atom stereocenters. The Bertz CT molecular complexity index is 794. The van der Waals surface area contributed by atoms with Crippen LogP contribution in [-0.4, -0.2) is 31.3 Å². The standard InChI is InChI=1S/C15H16N4OS3/c1-3-19-13(17-18-14(19)21-8-10(2)20)9-22-15-16-11-6-4-5-7-12(11)23-15/h4-7H,3,8-9H2,1-2H3. The van der Waals surface area contributed by atoms with Gasteiger partial charge in [-0.1, -0.05) is 35.7 Å². The van der Waals surface area contributed by atoms with Gasteiger partial charge in [-0.3, -0.25) is 4.79 Å². The number of para-hydroxylation sites is 1. The van der Waals surface area contributed by atoms with Gasteiger partial charge in [0.05, 0.1) is 21.7 Å². The molecule has 3 aromatic rings. The lowest BCUT2D eigenvalue weighted by Gasteiger charge is -2.05. The molecule has 120 valence electrons. The Morgan fingerprint density at radius 3 is 2.83 bits per heavy atom. The van der Waals surface area contributed by atoms with Crippen LogP contribution in [-0.2, 0) is 17.1 Å². The lowest BCUT2D eigenvalue weighted by molar-refractivity contribution is -0.114. The summed E-state index contributed by atoms with van der Waals surface area (Å²) in [5, 5.41) is 9.29. The second-order valence-corrected chi connectivity index (χ2v) is 8.07. The number of rotatable bonds is 7. The van der Waals surface area contributed by atoms with E-state index >= 15 is 0 Å². The second kappa shape index (κ2) is 7.46. The van der Waals surface area contributed by atoms with Crippen molar-refractivity contribution in [3.05, 3.63) is 30.1 Å². The largest absolute Gasteiger partial charge is 0.306 e. The minimum absolute atomic E-state index is 0.144. The van der Waals surface area contributed by atoms with Crippen LogP contribution in [0.4, 0.5) is 0 Å². The van der Waals surface area contributed by atoms with E-state index < -0.39 is 0 Å². The topological polar surface area (TPSA) is 60.7 Å². The Hall–Kier alpha value is -1.38. The van der Waals surface area contributed by atoms with Gasteiger partial charge in [-0.15, -0.1) is 21.5 Å². The SMILES string of the molecule is CCn1c(CSc2nc3ccccc3s2)nnc1SCC(C)=O. The predicted molar refractivity (Wildman–Crippen MR) is 96.3 cm³/mol. The molecule has 2 heterocycles. The molecule has 23 heavy (non-hydrogen) atoms. The molecule has 0 unspecified atom stereocenters. The monoisotopic (exact) mass is 364 g/mol. The Kier molecular flexibility index (Phi) is 5.34. The Labute approximate surface area is 146 Å². The van der Waals surface area contributed by atoms with E-state index in [4.69, 9.17) is 0 Å². The molecule has 0 fully saturated rings. The fourth-order valence-corrected chi connectivity index (χ4v) is 4.88. The van der Waals surface area contributed by atoms with Gasteiger partial charge in [0, 0.05) is 6.54 Å². The summed E-state index contributed by atoms with van der Waals surface area (Å²) < 4.78 is 4.30. The van der Waals surface area contributed by atoms with Crippen molar-refractivity contribution in [1.82, 2.24) is 19.7 Å². The molecule has 0 bridgehead atoms. The highest BCUT2D eigenvalue weighted by Gasteiger charge is 2.13. The van der Waals surface area contributed by atoms with Gasteiger partial charge in [0.2, 0.25) is 0 Å². The maximum absolute atomic E-state index is 11.1. The van der Waals surface area contributed by atoms with Crippen molar-refractivity contribution in [1.29, 1.82) is 0 Å². The second-order valence-electron chi connectivity index (χ2n) is 4.87. The van der Waals surface area contributed by atoms with Crippen LogP contribution < -0.4 is 0 Å². The van der Waals surface area contributed by atoms with E-state index in [1.165, 1.54) is 16.5 Å². The smallest absolute Gasteiger partial charge is 0.191 e. The fraction of sp³-hybridized carbons (Fsp3) is 0.333. The van der Waals surface area contributed by atoms with E-state index in [9.17, 15) is 4.79 Å². The summed E-state index contributed by atoms with van der Waals surface area (Å²) in [5.41, 5.74) is 1.04. The van der Waals surface area contributed by atoms with Crippen LogP contribution in [0.25, 0.3) is 10.2 Å². The Morgan fingerprint density at radius 1 is 1.26 bits per heavy atom. The lowest BCUT2D eigenvalue weighted by atomic mass is 10.3. The summed E-state index contributed by atoms with van der Waals surface area (Å²) >= 11 is 4.81. The predicted octanol–water partition coefficient (Wildman–Crippen LogP) is 3.88. The van der Waals surface area contributed by atoms with Crippen molar-refractivity contribution in [2.75, 3.05) is 5.75 Å². The van der Waals surface area contributed by atoms with Gasteiger partial charge in [-0.05, 0) is 26.0 Å². The molecule has 0 amide bonds. The molecular weight excluding hydrogens is 348 g/mol. The molecule has 5 nitrogen and oxygen atoms in total. The number of hydrogen-bond donors (Lipinski definition) is 0. The first kappa shape index (κ1) is 16.5. The molecule has 0 saturated carbocycles. The summed E-state index contributed by atoms with van der Waals surface area (Å²) in [6.07, 6.45) is 0. The minimum atomic E-state index is 0.144. The Morgan fingerprint density at radius 2 is 2.09 bits per heavy atom. The molecule has 0 N–H and O–H groups in total. The van der Waals surface area contributed by atoms with E-state index in [1.54, 1.807) is 30.0 Å². The summed E-state index contributed by atoms with van der Waals surface area (Å²) in [6.45, 7) is 4.44. The third-order valence-corrected chi connectivity index (χ3v) is 6.40. The number of thiazole rings is 1. The molecule has 0 spiro atoms. The third kappa shape index (κ3) is 3.94. The first-order chi connectivity index (χ1) is 11.2. The summed E-state index contributed by atoms with van der Waals surface area (Å²) in [6, 6.07) is 8.15. The van der Waals surface area contributed by atoms with Crippen molar-refractivity contribution in [3.8, 4) is 0 Å². The number of Topliss-reactive ketones (excluding diaryl/α,β-unsaturated/α-hetero) is 1. The molecule has 2 aromatic heterocycles. The van der Waals surface area contributed by atoms with Crippen LogP contribution in [0.3, 0.4) is 0 Å². The van der Waals surface area contributed by atoms with Crippen molar-refractivity contribution in [2.24, 2.45) is 0 Å². The first-order valence-electron chi connectivity index (χ1n) is 7.20. The highest BCUT2D eigenvalue weighted by Crippen LogP contribution is 2.31. The number of carbonyl (C=O) groups is 1. The van der Waals surface area contributed by atoms with Gasteiger partial charge in [0.1, 0.15) is 11.6 Å². The normalized spacial score (nSPS) is 11.2. The molecule has 3 rings (SSSR count). The number of aromatic nitrogens is 4. The summed E-state index contributed by atoms with van der Waals surface area (Å²) in [7, 11) is 0. The van der Waals surface area contributed by atoms with E-state index in [2.05, 4.69) is 32.7 Å². The van der Waals surface area contributed by atoms with Gasteiger partial charge < -0.3 is 4.57 Å². The van der Waals surface area contributed by atoms with Gasteiger partial charge in [0.25, 0.3) is 0 Å². The van der Waals surface area contributed by atoms with Gasteiger partial charge in [-0.2, -0.15) is 0 Å². The number of benzene rings is 1. The molecule has 0 radical (unpaired) electrons. The first-order valence-corrected chi connectivity index (χ1v) is 9.99. The molecule has 1 aromatic carbocycles. The maximum atomic E-state index is 11.1. The van der Waals surface area contributed by atoms with E-state index in [0.717, 1.165) is 33.1 Å². The molecule has 0 saturated heterocycles. The third-order valence-electron chi connectivity index (χ3n) is 3.11. The van der Waals surface area contributed by atoms with Crippen molar-refractivity contribution in [3.63, 3.8) is 0 Å². The van der Waals surface area contributed by atoms with Crippen LogP contribution in [0.15, 0.2) is 33.8 Å². The summed E-state index contributed by atoms with van der Waals surface area (Å²) in [4.78, 5) is 15.8. The van der Waals surface area contributed by atoms with Crippen molar-refractivity contribution in [2.45, 2.75) is 35.6 Å². The molecular formula is C15H16N4OS3. The van der Waals surface area contributed by atoms with Crippen molar-refractivity contribution >= 4 is 50.9 Å². The van der Waals surface area contributed by atoms with Crippen LogP contribution >= 0.6 is 34.9 Å². The zero-order chi connectivity index (χ0) is 16.2. The highest BCUT2D eigenvalue weighted by atomic mass is 32.2. The average molecular weight is 365 g/mol. The van der Waals surface area contributed by atoms with Crippen LogP contribution in [0.5, 0.6) is 0 Å². The van der Waals surface area contributed by atoms with E-state index in [0.29, 0.717) is 5.75 Å². The zero-order valence-corrected chi connectivity index (χ0v) is 15.3. The number of carbonyl (C=O) groups excluding carboxylic acids is 1. The van der Waals surface area contributed by atoms with Crippen LogP contribution in [0, 0.1) is 0 Å². The maximum Gasteiger partial charge on any atom is 0.191 e. The van der Waals surface area contributed by atoms with E-state index in [1.807, 2.05) is 18.2 Å². The number of thioether (sulfide) groups is 2. The number of hydrogen-bond acceptors (Lipinski definition) is 7. The zero-order valence-electron chi connectivity index (χ0n) is 12.9. The lowest BCUT2D eigenvalue weighted by Crippen LogP contribution is -2.03.